The largest absolute Gasteiger partial charge is 1.00 e. The Hall–Kier alpha value is -0.0136. The van der Waals surface area contributed by atoms with Crippen molar-refractivity contribution in [3.05, 3.63) is 59.7 Å². The Kier molecular flexibility index (Phi) is 4.13. The molecule has 0 amide bonds. The van der Waals surface area contributed by atoms with Crippen molar-refractivity contribution in [3.8, 4) is 11.1 Å². The van der Waals surface area contributed by atoms with Gasteiger partial charge in [-0.1, -0.05) is 48.5 Å². The van der Waals surface area contributed by atoms with Gasteiger partial charge in [-0.2, -0.15) is 0 Å². The van der Waals surface area contributed by atoms with E-state index in [0.717, 1.165) is 11.1 Å². The summed E-state index contributed by atoms with van der Waals surface area (Å²) >= 11 is 0. The van der Waals surface area contributed by atoms with Gasteiger partial charge in [0, 0.05) is 0 Å². The molecule has 0 unspecified atom stereocenters. The van der Waals surface area contributed by atoms with Crippen LogP contribution < -0.4 is 51.4 Å². The van der Waals surface area contributed by atoms with E-state index < -0.39 is 15.4 Å². The van der Waals surface area contributed by atoms with Crippen LogP contribution >= 0.6 is 0 Å². The fraction of sp³-hybridized carbons (Fsp3) is 0.0769. The number of hydrogen-bond donors (Lipinski definition) is 0. The van der Waals surface area contributed by atoms with Crippen LogP contribution in [0.4, 0.5) is 0 Å². The maximum absolute atomic E-state index is 11.4. The molecular formula is C13H9KO3S. The van der Waals surface area contributed by atoms with Crippen molar-refractivity contribution in [2.24, 2.45) is 0 Å². The Balaban J connectivity index is 0.00000120. The molecule has 1 aliphatic carbocycles. The monoisotopic (exact) mass is 284 g/mol. The molecule has 3 nitrogen and oxygen atoms in total. The van der Waals surface area contributed by atoms with Crippen molar-refractivity contribution in [2.45, 2.75) is 5.25 Å². The van der Waals surface area contributed by atoms with Gasteiger partial charge >= 0.3 is 51.4 Å². The predicted molar refractivity (Wildman–Crippen MR) is 63.4 cm³/mol. The van der Waals surface area contributed by atoms with Gasteiger partial charge in [0.05, 0.1) is 0 Å². The van der Waals surface area contributed by atoms with Gasteiger partial charge in [-0.15, -0.1) is 0 Å². The predicted octanol–water partition coefficient (Wildman–Crippen LogP) is -0.694. The van der Waals surface area contributed by atoms with Crippen LogP contribution in [0.15, 0.2) is 48.5 Å². The molecule has 0 heterocycles. The van der Waals surface area contributed by atoms with Crippen LogP contribution in [0.5, 0.6) is 0 Å². The summed E-state index contributed by atoms with van der Waals surface area (Å²) in [5.41, 5.74) is 2.85. The summed E-state index contributed by atoms with van der Waals surface area (Å²) in [7, 11) is -4.38. The Bertz CT molecular complexity index is 649. The van der Waals surface area contributed by atoms with E-state index in [1.54, 1.807) is 24.3 Å². The zero-order valence-corrected chi connectivity index (χ0v) is 13.8. The third kappa shape index (κ3) is 2.25. The van der Waals surface area contributed by atoms with E-state index in [1.165, 1.54) is 0 Å². The second-order valence-corrected chi connectivity index (χ2v) is 5.50. The fourth-order valence-electron chi connectivity index (χ4n) is 2.42. The van der Waals surface area contributed by atoms with Gasteiger partial charge < -0.3 is 4.55 Å². The van der Waals surface area contributed by atoms with Gasteiger partial charge in [0.15, 0.2) is 0 Å². The Morgan fingerprint density at radius 1 is 0.833 bits per heavy atom. The minimum absolute atomic E-state index is 0. The number of fused-ring (bicyclic) bond motifs is 3. The molecule has 0 N–H and O–H groups in total. The first-order chi connectivity index (χ1) is 8.09. The van der Waals surface area contributed by atoms with E-state index >= 15 is 0 Å². The molecule has 0 fully saturated rings. The summed E-state index contributed by atoms with van der Waals surface area (Å²) in [6.07, 6.45) is 0. The first-order valence-corrected chi connectivity index (χ1v) is 6.69. The average Bonchev–Trinajstić information content (AvgIpc) is 2.63. The first-order valence-electron chi connectivity index (χ1n) is 5.22. The van der Waals surface area contributed by atoms with Gasteiger partial charge in [0.1, 0.15) is 15.4 Å². The zero-order valence-electron chi connectivity index (χ0n) is 9.83. The average molecular weight is 284 g/mol. The minimum atomic E-state index is -4.38. The molecule has 0 aromatic heterocycles. The molecule has 5 heteroatoms. The van der Waals surface area contributed by atoms with Crippen LogP contribution in [-0.2, 0) is 10.1 Å². The van der Waals surface area contributed by atoms with Crippen molar-refractivity contribution in [3.63, 3.8) is 0 Å². The van der Waals surface area contributed by atoms with E-state index in [-0.39, 0.29) is 51.4 Å². The Morgan fingerprint density at radius 3 is 1.61 bits per heavy atom. The zero-order chi connectivity index (χ0) is 12.0. The Morgan fingerprint density at radius 2 is 1.22 bits per heavy atom. The normalized spacial score (nSPS) is 13.6. The van der Waals surface area contributed by atoms with E-state index in [2.05, 4.69) is 0 Å². The molecule has 1 aliphatic rings. The summed E-state index contributed by atoms with van der Waals surface area (Å²) in [6, 6.07) is 14.3. The quantitative estimate of drug-likeness (QED) is 0.514. The number of hydrogen-bond acceptors (Lipinski definition) is 3. The SMILES string of the molecule is O=S(=O)([O-])C1c2ccccc2-c2ccccc21.[K+]. The number of rotatable bonds is 1. The summed E-state index contributed by atoms with van der Waals surface area (Å²) in [6.45, 7) is 0. The van der Waals surface area contributed by atoms with Crippen molar-refractivity contribution < 1.29 is 64.4 Å². The van der Waals surface area contributed by atoms with Crippen LogP contribution in [-0.4, -0.2) is 13.0 Å². The minimum Gasteiger partial charge on any atom is -0.747 e. The summed E-state index contributed by atoms with van der Waals surface area (Å²) in [4.78, 5) is 0. The van der Waals surface area contributed by atoms with Gasteiger partial charge in [-0.3, -0.25) is 0 Å². The maximum atomic E-state index is 11.4. The molecular weight excluding hydrogens is 275 g/mol. The fourth-order valence-corrected chi connectivity index (χ4v) is 3.45. The van der Waals surface area contributed by atoms with Crippen molar-refractivity contribution in [1.29, 1.82) is 0 Å². The molecule has 0 saturated heterocycles. The van der Waals surface area contributed by atoms with Crippen LogP contribution in [0.2, 0.25) is 0 Å². The van der Waals surface area contributed by atoms with Crippen LogP contribution in [0.25, 0.3) is 11.1 Å². The molecule has 3 rings (SSSR count). The Labute approximate surface area is 148 Å². The van der Waals surface area contributed by atoms with E-state index in [1.807, 2.05) is 24.3 Å². The van der Waals surface area contributed by atoms with E-state index in [0.29, 0.717) is 11.1 Å². The smallest absolute Gasteiger partial charge is 0.747 e. The topological polar surface area (TPSA) is 57.2 Å². The van der Waals surface area contributed by atoms with Gasteiger partial charge in [0.25, 0.3) is 0 Å². The van der Waals surface area contributed by atoms with Crippen molar-refractivity contribution >= 4 is 10.1 Å². The standard InChI is InChI=1S/C13H10O3S.K/c14-17(15,16)13-11-7-3-1-5-9(11)10-6-2-4-8-12(10)13;/h1-8,13H,(H,14,15,16);/q;+1/p-1. The van der Waals surface area contributed by atoms with Crippen molar-refractivity contribution in [1.82, 2.24) is 0 Å². The molecule has 0 spiro atoms. The molecule has 0 radical (unpaired) electrons. The van der Waals surface area contributed by atoms with Crippen molar-refractivity contribution in [2.75, 3.05) is 0 Å². The van der Waals surface area contributed by atoms with Crippen LogP contribution in [0.1, 0.15) is 16.4 Å². The second-order valence-electron chi connectivity index (χ2n) is 4.05. The summed E-state index contributed by atoms with van der Waals surface area (Å²) in [5, 5.41) is -1.06. The summed E-state index contributed by atoms with van der Waals surface area (Å²) in [5.74, 6) is 0. The molecule has 0 atom stereocenters. The third-order valence-electron chi connectivity index (χ3n) is 3.07. The molecule has 0 aliphatic heterocycles. The molecule has 2 aromatic rings. The second kappa shape index (κ2) is 5.17. The first kappa shape index (κ1) is 14.4. The molecule has 0 saturated carbocycles. The summed E-state index contributed by atoms with van der Waals surface area (Å²) < 4.78 is 34.2. The molecule has 0 bridgehead atoms. The van der Waals surface area contributed by atoms with Crippen LogP contribution in [0.3, 0.4) is 0 Å². The van der Waals surface area contributed by atoms with Gasteiger partial charge in [-0.25, -0.2) is 8.42 Å². The molecule has 2 aromatic carbocycles. The third-order valence-corrected chi connectivity index (χ3v) is 4.15. The van der Waals surface area contributed by atoms with Gasteiger partial charge in [-0.05, 0) is 22.3 Å². The molecule has 86 valence electrons. The van der Waals surface area contributed by atoms with E-state index in [9.17, 15) is 13.0 Å². The maximum Gasteiger partial charge on any atom is 1.00 e. The van der Waals surface area contributed by atoms with E-state index in [4.69, 9.17) is 0 Å². The molecule has 18 heavy (non-hydrogen) atoms. The van der Waals surface area contributed by atoms with Crippen LogP contribution in [0, 0.1) is 0 Å². The van der Waals surface area contributed by atoms with Gasteiger partial charge in [0.2, 0.25) is 0 Å². The number of benzene rings is 2.